The van der Waals surface area contributed by atoms with Crippen molar-refractivity contribution in [2.45, 2.75) is 17.2 Å². The third-order valence-electron chi connectivity index (χ3n) is 4.22. The molecule has 0 bridgehead atoms. The standard InChI is InChI=1S/C17H26N6O3S2/c1-3-18-17(19-6-7-21-28(24,25)16-5-4-10-27-16)23-8-9-26-15(13-23)14-11-20-22(2)12-14/h4-5,10-12,15,21H,3,6-9,13H2,1-2H3,(H,18,19). The van der Waals surface area contributed by atoms with Crippen LogP contribution in [0.1, 0.15) is 18.6 Å². The summed E-state index contributed by atoms with van der Waals surface area (Å²) in [6.07, 6.45) is 3.71. The molecule has 3 rings (SSSR count). The maximum absolute atomic E-state index is 12.2. The van der Waals surface area contributed by atoms with Gasteiger partial charge in [-0.15, -0.1) is 11.3 Å². The molecular weight excluding hydrogens is 400 g/mol. The molecule has 1 atom stereocenters. The van der Waals surface area contributed by atoms with Gasteiger partial charge < -0.3 is 15.0 Å². The molecule has 1 unspecified atom stereocenters. The molecule has 28 heavy (non-hydrogen) atoms. The van der Waals surface area contributed by atoms with Crippen LogP contribution in [0.4, 0.5) is 0 Å². The number of sulfonamides is 1. The van der Waals surface area contributed by atoms with Crippen LogP contribution in [-0.2, 0) is 21.8 Å². The minimum absolute atomic E-state index is 0.0661. The van der Waals surface area contributed by atoms with Crippen LogP contribution in [0.5, 0.6) is 0 Å². The largest absolute Gasteiger partial charge is 0.370 e. The zero-order valence-corrected chi connectivity index (χ0v) is 17.7. The molecule has 0 amide bonds. The molecule has 2 N–H and O–H groups in total. The molecule has 2 aromatic heterocycles. The summed E-state index contributed by atoms with van der Waals surface area (Å²) < 4.78 is 34.9. The molecule has 0 radical (unpaired) electrons. The Balaban J connectivity index is 1.59. The van der Waals surface area contributed by atoms with E-state index in [1.165, 1.54) is 11.3 Å². The maximum atomic E-state index is 12.2. The van der Waals surface area contributed by atoms with E-state index in [1.54, 1.807) is 22.2 Å². The zero-order chi connectivity index (χ0) is 20.0. The van der Waals surface area contributed by atoms with Crippen molar-refractivity contribution in [3.63, 3.8) is 0 Å². The molecule has 1 fully saturated rings. The van der Waals surface area contributed by atoms with Gasteiger partial charge in [-0.05, 0) is 18.4 Å². The average molecular weight is 427 g/mol. The lowest BCUT2D eigenvalue weighted by Crippen LogP contribution is -2.48. The number of hydrogen-bond donors (Lipinski definition) is 2. The SMILES string of the molecule is CCNC(=NCCNS(=O)(=O)c1cccs1)N1CCOC(c2cnn(C)c2)C1. The minimum atomic E-state index is -3.46. The molecule has 0 saturated carbocycles. The van der Waals surface area contributed by atoms with Gasteiger partial charge in [-0.2, -0.15) is 5.10 Å². The van der Waals surface area contributed by atoms with Gasteiger partial charge in [0.25, 0.3) is 0 Å². The molecule has 0 spiro atoms. The van der Waals surface area contributed by atoms with Gasteiger partial charge in [0, 0.05) is 38.4 Å². The lowest BCUT2D eigenvalue weighted by molar-refractivity contribution is -0.00803. The third kappa shape index (κ3) is 5.31. The smallest absolute Gasteiger partial charge is 0.250 e. The Morgan fingerprint density at radius 1 is 1.50 bits per heavy atom. The van der Waals surface area contributed by atoms with Crippen molar-refractivity contribution >= 4 is 27.3 Å². The maximum Gasteiger partial charge on any atom is 0.250 e. The van der Waals surface area contributed by atoms with E-state index in [0.717, 1.165) is 24.6 Å². The summed E-state index contributed by atoms with van der Waals surface area (Å²) in [6.45, 7) is 5.31. The summed E-state index contributed by atoms with van der Waals surface area (Å²) in [5, 5.41) is 9.23. The highest BCUT2D eigenvalue weighted by molar-refractivity contribution is 7.91. The van der Waals surface area contributed by atoms with Crippen LogP contribution in [0.15, 0.2) is 39.1 Å². The number of hydrogen-bond acceptors (Lipinski definition) is 6. The predicted molar refractivity (Wildman–Crippen MR) is 109 cm³/mol. The van der Waals surface area contributed by atoms with Gasteiger partial charge in [-0.1, -0.05) is 6.07 Å². The number of aryl methyl sites for hydroxylation is 1. The van der Waals surface area contributed by atoms with Crippen LogP contribution in [0.25, 0.3) is 0 Å². The Kier molecular flexibility index (Phi) is 7.05. The van der Waals surface area contributed by atoms with Gasteiger partial charge in [-0.3, -0.25) is 9.67 Å². The Hall–Kier alpha value is -1.95. The molecular formula is C17H26N6O3S2. The number of nitrogens with zero attached hydrogens (tertiary/aromatic N) is 4. The fourth-order valence-electron chi connectivity index (χ4n) is 2.90. The second-order valence-corrected chi connectivity index (χ2v) is 9.26. The first-order chi connectivity index (χ1) is 13.5. The summed E-state index contributed by atoms with van der Waals surface area (Å²) >= 11 is 1.20. The van der Waals surface area contributed by atoms with Crippen LogP contribution in [0, 0.1) is 0 Å². The Morgan fingerprint density at radius 3 is 3.04 bits per heavy atom. The zero-order valence-electron chi connectivity index (χ0n) is 16.0. The Morgan fingerprint density at radius 2 is 2.36 bits per heavy atom. The molecule has 1 aliphatic heterocycles. The van der Waals surface area contributed by atoms with Crippen LogP contribution in [0.2, 0.25) is 0 Å². The first-order valence-electron chi connectivity index (χ1n) is 9.16. The Bertz CT molecular complexity index is 879. The average Bonchev–Trinajstić information content (AvgIpc) is 3.36. The van der Waals surface area contributed by atoms with E-state index in [-0.39, 0.29) is 12.6 Å². The summed E-state index contributed by atoms with van der Waals surface area (Å²) in [5.41, 5.74) is 1.03. The summed E-state index contributed by atoms with van der Waals surface area (Å²) in [7, 11) is -1.58. The summed E-state index contributed by atoms with van der Waals surface area (Å²) in [6, 6.07) is 3.31. The normalized spacial score (nSPS) is 18.4. The van der Waals surface area contributed by atoms with Crippen molar-refractivity contribution in [2.75, 3.05) is 39.3 Å². The van der Waals surface area contributed by atoms with Crippen LogP contribution >= 0.6 is 11.3 Å². The number of thiophene rings is 1. The highest BCUT2D eigenvalue weighted by atomic mass is 32.2. The fraction of sp³-hybridized carbons (Fsp3) is 0.529. The third-order valence-corrected chi connectivity index (χ3v) is 7.08. The molecule has 1 saturated heterocycles. The summed E-state index contributed by atoms with van der Waals surface area (Å²) in [5.74, 6) is 0.759. The number of ether oxygens (including phenoxy) is 1. The van der Waals surface area contributed by atoms with E-state index in [4.69, 9.17) is 4.74 Å². The molecule has 0 aromatic carbocycles. The van der Waals surface area contributed by atoms with E-state index in [9.17, 15) is 8.42 Å². The van der Waals surface area contributed by atoms with Crippen LogP contribution < -0.4 is 10.0 Å². The molecule has 2 aromatic rings. The number of aliphatic imine (C=N–C) groups is 1. The fourth-order valence-corrected chi connectivity index (χ4v) is 4.96. The predicted octanol–water partition coefficient (Wildman–Crippen LogP) is 0.799. The highest BCUT2D eigenvalue weighted by Crippen LogP contribution is 2.21. The van der Waals surface area contributed by atoms with E-state index < -0.39 is 10.0 Å². The van der Waals surface area contributed by atoms with Gasteiger partial charge in [-0.25, -0.2) is 13.1 Å². The number of morpholine rings is 1. The quantitative estimate of drug-likeness (QED) is 0.386. The minimum Gasteiger partial charge on any atom is -0.370 e. The first kappa shape index (κ1) is 20.8. The second kappa shape index (κ2) is 9.50. The van der Waals surface area contributed by atoms with Gasteiger partial charge in [0.15, 0.2) is 5.96 Å². The lowest BCUT2D eigenvalue weighted by atomic mass is 10.1. The van der Waals surface area contributed by atoms with Crippen molar-refractivity contribution in [2.24, 2.45) is 12.0 Å². The number of guanidine groups is 1. The first-order valence-corrected chi connectivity index (χ1v) is 11.5. The van der Waals surface area contributed by atoms with Crippen molar-refractivity contribution in [3.8, 4) is 0 Å². The van der Waals surface area contributed by atoms with E-state index >= 15 is 0 Å². The second-order valence-electron chi connectivity index (χ2n) is 6.32. The van der Waals surface area contributed by atoms with E-state index in [0.29, 0.717) is 23.9 Å². The number of nitrogens with one attached hydrogen (secondary N) is 2. The van der Waals surface area contributed by atoms with Crippen LogP contribution in [-0.4, -0.2) is 68.4 Å². The molecule has 0 aliphatic carbocycles. The Labute approximate surface area is 169 Å². The van der Waals surface area contributed by atoms with E-state index in [1.807, 2.05) is 26.4 Å². The van der Waals surface area contributed by atoms with Crippen molar-refractivity contribution in [1.29, 1.82) is 0 Å². The molecule has 9 nitrogen and oxygen atoms in total. The lowest BCUT2D eigenvalue weighted by Gasteiger charge is -2.34. The van der Waals surface area contributed by atoms with Gasteiger partial charge in [0.2, 0.25) is 10.0 Å². The van der Waals surface area contributed by atoms with Crippen molar-refractivity contribution in [3.05, 3.63) is 35.5 Å². The topological polar surface area (TPSA) is 101 Å². The van der Waals surface area contributed by atoms with Gasteiger partial charge in [0.1, 0.15) is 10.3 Å². The van der Waals surface area contributed by atoms with Crippen molar-refractivity contribution in [1.82, 2.24) is 24.7 Å². The molecule has 154 valence electrons. The number of aromatic nitrogens is 2. The van der Waals surface area contributed by atoms with Crippen molar-refractivity contribution < 1.29 is 13.2 Å². The molecule has 11 heteroatoms. The molecule has 3 heterocycles. The highest BCUT2D eigenvalue weighted by Gasteiger charge is 2.25. The van der Waals surface area contributed by atoms with Gasteiger partial charge in [0.05, 0.1) is 25.9 Å². The monoisotopic (exact) mass is 426 g/mol. The van der Waals surface area contributed by atoms with Gasteiger partial charge >= 0.3 is 0 Å². The van der Waals surface area contributed by atoms with Crippen LogP contribution in [0.3, 0.4) is 0 Å². The summed E-state index contributed by atoms with van der Waals surface area (Å²) in [4.78, 5) is 6.72. The van der Waals surface area contributed by atoms with E-state index in [2.05, 4.69) is 25.0 Å². The molecule has 1 aliphatic rings. The number of rotatable bonds is 7.